The van der Waals surface area contributed by atoms with Crippen molar-refractivity contribution in [3.8, 4) is 5.75 Å². The Balaban J connectivity index is 1.16. The van der Waals surface area contributed by atoms with Crippen LogP contribution in [-0.2, 0) is 37.8 Å². The predicted octanol–water partition coefficient (Wildman–Crippen LogP) is 5.75. The summed E-state index contributed by atoms with van der Waals surface area (Å²) < 4.78 is 39.7. The second kappa shape index (κ2) is 15.9. The number of piperidine rings is 1. The zero-order chi connectivity index (χ0) is 35.1. The number of para-hydroxylation sites is 3. The first-order valence-corrected chi connectivity index (χ1v) is 17.7. The second-order valence-corrected chi connectivity index (χ2v) is 13.4. The van der Waals surface area contributed by atoms with Crippen molar-refractivity contribution >= 4 is 22.9 Å². The Kier molecular flexibility index (Phi) is 11.4. The number of halogens is 1. The van der Waals surface area contributed by atoms with Gasteiger partial charge in [0.05, 0.1) is 41.8 Å². The summed E-state index contributed by atoms with van der Waals surface area (Å²) >= 11 is 0. The first kappa shape index (κ1) is 35.8. The zero-order valence-corrected chi connectivity index (χ0v) is 29.6. The summed E-state index contributed by atoms with van der Waals surface area (Å²) in [6.45, 7) is 6.61. The van der Waals surface area contributed by atoms with Gasteiger partial charge in [0.2, 0.25) is 17.6 Å². The molecule has 0 aliphatic carbocycles. The van der Waals surface area contributed by atoms with Gasteiger partial charge in [0.25, 0.3) is 0 Å². The third kappa shape index (κ3) is 7.37. The van der Waals surface area contributed by atoms with Crippen LogP contribution in [0.1, 0.15) is 43.7 Å². The van der Waals surface area contributed by atoms with Gasteiger partial charge in [0.1, 0.15) is 11.6 Å². The number of hydrogen-bond donors (Lipinski definition) is 2. The number of ether oxygens (including phenoxy) is 4. The van der Waals surface area contributed by atoms with Crippen LogP contribution in [0.2, 0.25) is 0 Å². The van der Waals surface area contributed by atoms with Crippen molar-refractivity contribution in [3.63, 3.8) is 0 Å². The van der Waals surface area contributed by atoms with Crippen molar-refractivity contribution in [2.24, 2.45) is 5.41 Å². The second-order valence-electron chi connectivity index (χ2n) is 13.4. The van der Waals surface area contributed by atoms with E-state index >= 15 is 0 Å². The van der Waals surface area contributed by atoms with Crippen LogP contribution in [0.5, 0.6) is 5.75 Å². The zero-order valence-electron chi connectivity index (χ0n) is 29.6. The third-order valence-corrected chi connectivity index (χ3v) is 10.5. The SMILES string of the molecule is CCOCCn1c(NC2CCN(CCC3(Cc4ccc(F)cc4)CC(C(OC)(OC)c4ccccc4OC)NC3=O)CC2)nc2ccccc21. The summed E-state index contributed by atoms with van der Waals surface area (Å²) in [5.74, 6) is -0.126. The summed E-state index contributed by atoms with van der Waals surface area (Å²) in [7, 11) is 4.79. The number of nitrogens with one attached hydrogen (secondary N) is 2. The van der Waals surface area contributed by atoms with Gasteiger partial charge in [-0.2, -0.15) is 0 Å². The van der Waals surface area contributed by atoms with Crippen molar-refractivity contribution < 1.29 is 28.1 Å². The average Bonchev–Trinajstić information content (AvgIpc) is 3.66. The molecule has 11 heteroatoms. The van der Waals surface area contributed by atoms with E-state index in [0.717, 1.165) is 61.6 Å². The molecule has 2 aliphatic heterocycles. The van der Waals surface area contributed by atoms with Crippen LogP contribution in [0.25, 0.3) is 11.0 Å². The smallest absolute Gasteiger partial charge is 0.227 e. The number of carbonyl (C=O) groups excluding carboxylic acids is 1. The molecule has 2 saturated heterocycles. The highest BCUT2D eigenvalue weighted by atomic mass is 19.1. The number of benzene rings is 3. The number of amides is 1. The number of methoxy groups -OCH3 is 3. The Bertz CT molecular complexity index is 1720. The topological polar surface area (TPSA) is 99.1 Å². The maximum absolute atomic E-state index is 14.2. The van der Waals surface area contributed by atoms with Gasteiger partial charge in [-0.3, -0.25) is 4.79 Å². The minimum atomic E-state index is -1.27. The van der Waals surface area contributed by atoms with Gasteiger partial charge in [-0.25, -0.2) is 9.37 Å². The molecule has 268 valence electrons. The van der Waals surface area contributed by atoms with Crippen molar-refractivity contribution in [2.45, 2.75) is 63.4 Å². The lowest BCUT2D eigenvalue weighted by atomic mass is 9.74. The van der Waals surface area contributed by atoms with E-state index in [9.17, 15) is 9.18 Å². The van der Waals surface area contributed by atoms with E-state index in [0.29, 0.717) is 43.8 Å². The van der Waals surface area contributed by atoms with Crippen LogP contribution in [0.3, 0.4) is 0 Å². The molecule has 2 atom stereocenters. The monoisotopic (exact) mass is 687 g/mol. The molecule has 10 nitrogen and oxygen atoms in total. The number of carbonyl (C=O) groups is 1. The molecule has 0 saturated carbocycles. The minimum absolute atomic E-state index is 0.0531. The molecule has 3 aromatic carbocycles. The van der Waals surface area contributed by atoms with Crippen molar-refractivity contribution in [2.75, 3.05) is 59.5 Å². The number of likely N-dealkylation sites (tertiary alicyclic amines) is 1. The molecule has 0 bridgehead atoms. The predicted molar refractivity (Wildman–Crippen MR) is 192 cm³/mol. The van der Waals surface area contributed by atoms with Crippen LogP contribution in [-0.4, -0.2) is 86.6 Å². The van der Waals surface area contributed by atoms with Crippen LogP contribution < -0.4 is 15.4 Å². The standard InChI is InChI=1S/C39H50FN5O5/c1-5-50-25-24-45-33-12-8-7-11-32(33)42-37(45)41-30-18-21-44(22-19-30)23-20-38(26-28-14-16-29(40)17-15-28)27-35(43-36(38)46)39(48-3,49-4)31-10-6-9-13-34(31)47-2/h6-17,30,35H,5,18-27H2,1-4H3,(H,41,42)(H,43,46). The molecule has 2 fully saturated rings. The summed E-state index contributed by atoms with van der Waals surface area (Å²) in [4.78, 5) is 21.6. The summed E-state index contributed by atoms with van der Waals surface area (Å²) in [5.41, 5.74) is 2.93. The normalized spacial score (nSPS) is 20.3. The molecule has 6 rings (SSSR count). The number of imidazole rings is 1. The Morgan fingerprint density at radius 2 is 1.70 bits per heavy atom. The number of fused-ring (bicyclic) bond motifs is 1. The number of aromatic nitrogens is 2. The quantitative estimate of drug-likeness (QED) is 0.114. The number of hydrogen-bond acceptors (Lipinski definition) is 8. The van der Waals surface area contributed by atoms with Crippen molar-refractivity contribution in [1.29, 1.82) is 0 Å². The highest BCUT2D eigenvalue weighted by molar-refractivity contribution is 5.86. The van der Waals surface area contributed by atoms with Crippen LogP contribution >= 0.6 is 0 Å². The van der Waals surface area contributed by atoms with Gasteiger partial charge in [0, 0.05) is 46.5 Å². The summed E-state index contributed by atoms with van der Waals surface area (Å²) in [5, 5.41) is 6.99. The lowest BCUT2D eigenvalue weighted by Crippen LogP contribution is -2.49. The molecular weight excluding hydrogens is 637 g/mol. The highest BCUT2D eigenvalue weighted by Gasteiger charge is 2.56. The van der Waals surface area contributed by atoms with Gasteiger partial charge < -0.3 is 39.0 Å². The van der Waals surface area contributed by atoms with Gasteiger partial charge in [-0.1, -0.05) is 36.4 Å². The average molecular weight is 688 g/mol. The van der Waals surface area contributed by atoms with Crippen LogP contribution in [0.15, 0.2) is 72.8 Å². The Morgan fingerprint density at radius 3 is 2.42 bits per heavy atom. The molecular formula is C39H50FN5O5. The fourth-order valence-corrected chi connectivity index (χ4v) is 7.80. The van der Waals surface area contributed by atoms with E-state index in [2.05, 4.69) is 26.2 Å². The molecule has 4 aromatic rings. The van der Waals surface area contributed by atoms with Gasteiger partial charge >= 0.3 is 0 Å². The molecule has 2 aliphatic rings. The van der Waals surface area contributed by atoms with Gasteiger partial charge in [-0.15, -0.1) is 0 Å². The molecule has 0 radical (unpaired) electrons. The van der Waals surface area contributed by atoms with Gasteiger partial charge in [0.15, 0.2) is 0 Å². The maximum atomic E-state index is 14.2. The van der Waals surface area contributed by atoms with Crippen LogP contribution in [0.4, 0.5) is 10.3 Å². The highest BCUT2D eigenvalue weighted by Crippen LogP contribution is 2.46. The maximum Gasteiger partial charge on any atom is 0.227 e. The Labute approximate surface area is 294 Å². The fourth-order valence-electron chi connectivity index (χ4n) is 7.80. The lowest BCUT2D eigenvalue weighted by Gasteiger charge is -2.38. The number of nitrogens with zero attached hydrogens (tertiary/aromatic N) is 3. The van der Waals surface area contributed by atoms with Gasteiger partial charge in [-0.05, 0) is 87.5 Å². The Hall–Kier alpha value is -4.03. The van der Waals surface area contributed by atoms with E-state index in [1.54, 1.807) is 33.5 Å². The molecule has 2 unspecified atom stereocenters. The summed E-state index contributed by atoms with van der Waals surface area (Å²) in [6.07, 6.45) is 3.49. The van der Waals surface area contributed by atoms with E-state index in [-0.39, 0.29) is 17.8 Å². The lowest BCUT2D eigenvalue weighted by molar-refractivity contribution is -0.234. The van der Waals surface area contributed by atoms with Crippen molar-refractivity contribution in [3.05, 3.63) is 89.7 Å². The molecule has 1 amide bonds. The Morgan fingerprint density at radius 1 is 0.980 bits per heavy atom. The van der Waals surface area contributed by atoms with E-state index in [1.165, 1.54) is 12.1 Å². The molecule has 1 aromatic heterocycles. The number of anilines is 1. The molecule has 3 heterocycles. The van der Waals surface area contributed by atoms with Crippen LogP contribution in [0, 0.1) is 11.2 Å². The van der Waals surface area contributed by atoms with Crippen molar-refractivity contribution in [1.82, 2.24) is 19.8 Å². The first-order valence-electron chi connectivity index (χ1n) is 17.7. The van der Waals surface area contributed by atoms with E-state index in [1.807, 2.05) is 49.4 Å². The number of rotatable bonds is 16. The molecule has 50 heavy (non-hydrogen) atoms. The fraction of sp³-hybridized carbons (Fsp3) is 0.487. The molecule has 2 N–H and O–H groups in total. The van der Waals surface area contributed by atoms with E-state index in [4.69, 9.17) is 23.9 Å². The molecule has 0 spiro atoms. The summed E-state index contributed by atoms with van der Waals surface area (Å²) in [6, 6.07) is 22.0. The largest absolute Gasteiger partial charge is 0.496 e. The first-order chi connectivity index (χ1) is 24.3. The van der Waals surface area contributed by atoms with E-state index < -0.39 is 17.2 Å². The third-order valence-electron chi connectivity index (χ3n) is 10.5. The minimum Gasteiger partial charge on any atom is -0.496 e.